The van der Waals surface area contributed by atoms with Gasteiger partial charge in [-0.25, -0.2) is 4.79 Å². The fourth-order valence-electron chi connectivity index (χ4n) is 5.18. The summed E-state index contributed by atoms with van der Waals surface area (Å²) in [5, 5.41) is 9.96. The van der Waals surface area contributed by atoms with E-state index in [0.29, 0.717) is 24.1 Å². The van der Waals surface area contributed by atoms with Crippen LogP contribution in [-0.4, -0.2) is 46.6 Å². The van der Waals surface area contributed by atoms with Crippen molar-refractivity contribution < 1.29 is 14.3 Å². The monoisotopic (exact) mass is 407 g/mol. The lowest BCUT2D eigenvalue weighted by molar-refractivity contribution is -0.120. The number of hydrogen-bond acceptors (Lipinski definition) is 5. The largest absolute Gasteiger partial charge is 0.417 e. The van der Waals surface area contributed by atoms with Crippen molar-refractivity contribution in [2.45, 2.75) is 30.3 Å². The Hall–Kier alpha value is -2.90. The zero-order chi connectivity index (χ0) is 20.9. The Morgan fingerprint density at radius 1 is 1.30 bits per heavy atom. The van der Waals surface area contributed by atoms with Gasteiger partial charge in [0.2, 0.25) is 5.91 Å². The zero-order valence-electron chi connectivity index (χ0n) is 16.6. The number of hydrogen-bond donors (Lipinski definition) is 3. The van der Waals surface area contributed by atoms with Gasteiger partial charge >= 0.3 is 5.76 Å². The van der Waals surface area contributed by atoms with Crippen molar-refractivity contribution in [1.29, 1.82) is 0 Å². The van der Waals surface area contributed by atoms with Crippen molar-refractivity contribution in [2.24, 2.45) is 11.7 Å². The number of oxazole rings is 1. The number of likely N-dealkylation sites (tertiary alicyclic amines) is 1. The van der Waals surface area contributed by atoms with Crippen molar-refractivity contribution >= 4 is 17.0 Å². The minimum Gasteiger partial charge on any atom is -0.408 e. The molecular formula is C23H25N3O4. The number of aliphatic hydroxyl groups is 1. The fraction of sp³-hybridized carbons (Fsp3) is 0.391. The average molecular weight is 407 g/mol. The zero-order valence-corrected chi connectivity index (χ0v) is 16.6. The quantitative estimate of drug-likeness (QED) is 0.576. The molecule has 156 valence electrons. The number of nitrogens with zero attached hydrogens (tertiary/aromatic N) is 1. The third-order valence-corrected chi connectivity index (χ3v) is 6.80. The van der Waals surface area contributed by atoms with Crippen molar-refractivity contribution in [3.05, 3.63) is 70.2 Å². The van der Waals surface area contributed by atoms with E-state index in [1.807, 2.05) is 30.3 Å². The molecule has 3 aromatic rings. The van der Waals surface area contributed by atoms with E-state index >= 15 is 0 Å². The number of carbonyl (C=O) groups is 1. The molecule has 0 bridgehead atoms. The van der Waals surface area contributed by atoms with Crippen LogP contribution in [-0.2, 0) is 10.2 Å². The van der Waals surface area contributed by atoms with E-state index in [0.717, 1.165) is 25.1 Å². The standard InChI is InChI=1S/C23H25N3O4/c24-21(28)23(15-6-7-20-19(10-15)25-22(29)30-20)11-18(23)17(14-4-2-1-3-5-14)13-26-9-8-16(27)12-26/h1-7,10,16-18,27H,8-9,11-13H2,(H2,24,28)(H,25,29)/t16-,17+,18?,23?/m0/s1. The molecule has 1 aromatic heterocycles. The topological polar surface area (TPSA) is 113 Å². The summed E-state index contributed by atoms with van der Waals surface area (Å²) in [5.74, 6) is -0.702. The maximum Gasteiger partial charge on any atom is 0.417 e. The Labute approximate surface area is 173 Å². The summed E-state index contributed by atoms with van der Waals surface area (Å²) in [6.07, 6.45) is 1.14. The first-order valence-corrected chi connectivity index (χ1v) is 10.4. The molecule has 1 saturated carbocycles. The molecule has 2 unspecified atom stereocenters. The molecule has 1 amide bonds. The summed E-state index contributed by atoms with van der Waals surface area (Å²) in [6.45, 7) is 2.27. The molecule has 4 atom stereocenters. The van der Waals surface area contributed by atoms with Gasteiger partial charge in [-0.2, -0.15) is 0 Å². The second kappa shape index (κ2) is 7.11. The minimum absolute atomic E-state index is 0.0474. The molecule has 2 heterocycles. The first-order valence-electron chi connectivity index (χ1n) is 10.4. The molecule has 1 aliphatic carbocycles. The molecule has 0 radical (unpaired) electrons. The lowest BCUT2D eigenvalue weighted by Crippen LogP contribution is -2.35. The predicted molar refractivity (Wildman–Crippen MR) is 112 cm³/mol. The van der Waals surface area contributed by atoms with E-state index in [4.69, 9.17) is 10.2 Å². The Balaban J connectivity index is 1.52. The number of primary amides is 1. The van der Waals surface area contributed by atoms with Crippen LogP contribution in [0.4, 0.5) is 0 Å². The van der Waals surface area contributed by atoms with E-state index < -0.39 is 11.2 Å². The highest BCUT2D eigenvalue weighted by Gasteiger charge is 2.63. The fourth-order valence-corrected chi connectivity index (χ4v) is 5.18. The molecule has 7 heteroatoms. The maximum atomic E-state index is 12.7. The van der Waals surface area contributed by atoms with Gasteiger partial charge in [0, 0.05) is 25.6 Å². The Morgan fingerprint density at radius 2 is 2.10 bits per heavy atom. The third-order valence-electron chi connectivity index (χ3n) is 6.80. The second-order valence-electron chi connectivity index (χ2n) is 8.59. The van der Waals surface area contributed by atoms with Crippen LogP contribution < -0.4 is 11.5 Å². The number of aliphatic hydroxyl groups excluding tert-OH is 1. The second-order valence-corrected chi connectivity index (χ2v) is 8.59. The SMILES string of the molecule is NC(=O)C1(c2ccc3oc(=O)[nH]c3c2)CC1[C@H](CN1CC[C@H](O)C1)c1ccccc1. The number of rotatable bonds is 6. The summed E-state index contributed by atoms with van der Waals surface area (Å²) in [5.41, 5.74) is 8.21. The maximum absolute atomic E-state index is 12.7. The van der Waals surface area contributed by atoms with Gasteiger partial charge < -0.3 is 20.2 Å². The number of benzene rings is 2. The van der Waals surface area contributed by atoms with Gasteiger partial charge in [0.25, 0.3) is 0 Å². The van der Waals surface area contributed by atoms with Crippen LogP contribution in [0, 0.1) is 5.92 Å². The molecule has 1 saturated heterocycles. The van der Waals surface area contributed by atoms with Crippen molar-refractivity contribution in [3.63, 3.8) is 0 Å². The highest BCUT2D eigenvalue weighted by molar-refractivity contribution is 5.92. The number of H-pyrrole nitrogens is 1. The van der Waals surface area contributed by atoms with Gasteiger partial charge in [-0.3, -0.25) is 9.78 Å². The van der Waals surface area contributed by atoms with Crippen molar-refractivity contribution in [1.82, 2.24) is 9.88 Å². The summed E-state index contributed by atoms with van der Waals surface area (Å²) < 4.78 is 5.10. The molecule has 1 aliphatic heterocycles. The molecule has 2 aliphatic rings. The van der Waals surface area contributed by atoms with Gasteiger partial charge in [-0.15, -0.1) is 0 Å². The van der Waals surface area contributed by atoms with Crippen LogP contribution in [0.15, 0.2) is 57.7 Å². The third kappa shape index (κ3) is 3.14. The number of amides is 1. The number of nitrogens with one attached hydrogen (secondary N) is 1. The van der Waals surface area contributed by atoms with E-state index in [9.17, 15) is 14.7 Å². The van der Waals surface area contributed by atoms with Gasteiger partial charge in [0.15, 0.2) is 5.58 Å². The highest BCUT2D eigenvalue weighted by atomic mass is 16.4. The number of nitrogens with two attached hydrogens (primary N) is 1. The number of fused-ring (bicyclic) bond motifs is 1. The predicted octanol–water partition coefficient (Wildman–Crippen LogP) is 1.71. The van der Waals surface area contributed by atoms with Gasteiger partial charge in [-0.1, -0.05) is 36.4 Å². The Bertz CT molecular complexity index is 1140. The summed E-state index contributed by atoms with van der Waals surface area (Å²) >= 11 is 0. The molecule has 4 N–H and O–H groups in total. The lowest BCUT2D eigenvalue weighted by Gasteiger charge is -2.26. The van der Waals surface area contributed by atoms with Crippen LogP contribution >= 0.6 is 0 Å². The molecule has 30 heavy (non-hydrogen) atoms. The molecule has 2 aromatic carbocycles. The number of β-amino-alcohol motifs (C(OH)–C–C–N with tert-alkyl or cyclic N) is 1. The van der Waals surface area contributed by atoms with Crippen LogP contribution in [0.5, 0.6) is 0 Å². The first-order chi connectivity index (χ1) is 14.5. The van der Waals surface area contributed by atoms with Crippen LogP contribution in [0.3, 0.4) is 0 Å². The first kappa shape index (κ1) is 19.1. The molecule has 0 spiro atoms. The van der Waals surface area contributed by atoms with E-state index in [-0.39, 0.29) is 23.8 Å². The van der Waals surface area contributed by atoms with Gasteiger partial charge in [0.05, 0.1) is 17.0 Å². The highest BCUT2D eigenvalue weighted by Crippen LogP contribution is 2.60. The number of aromatic nitrogens is 1. The molecule has 5 rings (SSSR count). The minimum atomic E-state index is -0.777. The Kier molecular flexibility index (Phi) is 4.52. The number of aromatic amines is 1. The lowest BCUT2D eigenvalue weighted by atomic mass is 9.84. The summed E-state index contributed by atoms with van der Waals surface area (Å²) in [6, 6.07) is 15.6. The Morgan fingerprint density at radius 3 is 2.80 bits per heavy atom. The van der Waals surface area contributed by atoms with Crippen LogP contribution in [0.1, 0.15) is 29.9 Å². The van der Waals surface area contributed by atoms with E-state index in [1.54, 1.807) is 6.07 Å². The van der Waals surface area contributed by atoms with Crippen LogP contribution in [0.2, 0.25) is 0 Å². The number of carbonyl (C=O) groups excluding carboxylic acids is 1. The molecular weight excluding hydrogens is 382 g/mol. The van der Waals surface area contributed by atoms with Crippen molar-refractivity contribution in [2.75, 3.05) is 19.6 Å². The van der Waals surface area contributed by atoms with Gasteiger partial charge in [0.1, 0.15) is 0 Å². The molecule has 7 nitrogen and oxygen atoms in total. The average Bonchev–Trinajstić information content (AvgIpc) is 3.18. The van der Waals surface area contributed by atoms with E-state index in [2.05, 4.69) is 22.0 Å². The van der Waals surface area contributed by atoms with E-state index in [1.165, 1.54) is 5.56 Å². The van der Waals surface area contributed by atoms with Gasteiger partial charge in [-0.05, 0) is 42.0 Å². The van der Waals surface area contributed by atoms with Crippen LogP contribution in [0.25, 0.3) is 11.1 Å². The molecule has 2 fully saturated rings. The summed E-state index contributed by atoms with van der Waals surface area (Å²) in [4.78, 5) is 29.2. The summed E-state index contributed by atoms with van der Waals surface area (Å²) in [7, 11) is 0. The van der Waals surface area contributed by atoms with Crippen molar-refractivity contribution in [3.8, 4) is 0 Å². The smallest absolute Gasteiger partial charge is 0.408 e. The normalized spacial score (nSPS) is 27.4.